The quantitative estimate of drug-likeness (QED) is 0.883. The van der Waals surface area contributed by atoms with Crippen molar-refractivity contribution in [1.29, 1.82) is 0 Å². The first-order valence-corrected chi connectivity index (χ1v) is 7.96. The molecule has 118 valence electrons. The van der Waals surface area contributed by atoms with E-state index in [0.29, 0.717) is 40.3 Å². The summed E-state index contributed by atoms with van der Waals surface area (Å²) in [5.41, 5.74) is 2.22. The molecule has 1 N–H and O–H groups in total. The van der Waals surface area contributed by atoms with Gasteiger partial charge in [-0.15, -0.1) is 0 Å². The Hall–Kier alpha value is -2.04. The number of aryl methyl sites for hydroxylation is 1. The molecular formula is C17H15Cl2N3O. The summed E-state index contributed by atoms with van der Waals surface area (Å²) in [7, 11) is 0. The van der Waals surface area contributed by atoms with Crippen LogP contribution in [0.25, 0.3) is 0 Å². The molecule has 0 spiro atoms. The third kappa shape index (κ3) is 3.33. The minimum absolute atomic E-state index is 0.0966. The van der Waals surface area contributed by atoms with Crippen LogP contribution >= 0.6 is 23.2 Å². The number of hydrogen-bond acceptors (Lipinski definition) is 3. The van der Waals surface area contributed by atoms with E-state index in [2.05, 4.69) is 10.3 Å². The topological polar surface area (TPSA) is 44.7 Å². The molecule has 4 nitrogen and oxygen atoms in total. The SMILES string of the molecule is Cc1cccc(C(=O)N2CCN=C2Nc2c(Cl)cccc2Cl)c1. The number of hydrogen-bond donors (Lipinski definition) is 1. The number of anilines is 1. The highest BCUT2D eigenvalue weighted by Crippen LogP contribution is 2.30. The summed E-state index contributed by atoms with van der Waals surface area (Å²) >= 11 is 12.3. The first-order valence-electron chi connectivity index (χ1n) is 7.20. The van der Waals surface area contributed by atoms with Crippen molar-refractivity contribution < 1.29 is 4.79 Å². The number of aliphatic imine (C=N–C) groups is 1. The number of rotatable bonds is 2. The van der Waals surface area contributed by atoms with Gasteiger partial charge in [0.05, 0.1) is 22.3 Å². The number of carbonyl (C=O) groups excluding carboxylic acids is 1. The fraction of sp³-hybridized carbons (Fsp3) is 0.176. The number of nitrogens with one attached hydrogen (secondary N) is 1. The summed E-state index contributed by atoms with van der Waals surface area (Å²) in [4.78, 5) is 18.7. The average molecular weight is 348 g/mol. The van der Waals surface area contributed by atoms with E-state index in [0.717, 1.165) is 5.56 Å². The molecule has 23 heavy (non-hydrogen) atoms. The molecule has 0 aliphatic carbocycles. The lowest BCUT2D eigenvalue weighted by Crippen LogP contribution is -2.38. The lowest BCUT2D eigenvalue weighted by molar-refractivity contribution is 0.0857. The van der Waals surface area contributed by atoms with E-state index in [1.165, 1.54) is 0 Å². The number of carbonyl (C=O) groups is 1. The highest BCUT2D eigenvalue weighted by Gasteiger charge is 2.26. The van der Waals surface area contributed by atoms with Crippen molar-refractivity contribution >= 4 is 40.8 Å². The molecule has 2 aromatic carbocycles. The maximum atomic E-state index is 12.7. The summed E-state index contributed by atoms with van der Waals surface area (Å²) in [5, 5.41) is 4.05. The second kappa shape index (κ2) is 6.60. The Kier molecular flexibility index (Phi) is 4.55. The Morgan fingerprint density at radius 3 is 2.57 bits per heavy atom. The number of guanidine groups is 1. The van der Waals surface area contributed by atoms with Crippen molar-refractivity contribution in [1.82, 2.24) is 4.90 Å². The predicted octanol–water partition coefficient (Wildman–Crippen LogP) is 4.23. The summed E-state index contributed by atoms with van der Waals surface area (Å²) in [5.74, 6) is 0.368. The highest BCUT2D eigenvalue weighted by atomic mass is 35.5. The molecule has 3 rings (SSSR count). The fourth-order valence-corrected chi connectivity index (χ4v) is 2.91. The number of benzene rings is 2. The molecule has 0 atom stereocenters. The number of nitrogens with zero attached hydrogens (tertiary/aromatic N) is 2. The zero-order valence-electron chi connectivity index (χ0n) is 12.5. The molecule has 0 fully saturated rings. The fourth-order valence-electron chi connectivity index (χ4n) is 2.41. The van der Waals surface area contributed by atoms with Crippen molar-refractivity contribution in [2.24, 2.45) is 4.99 Å². The van der Waals surface area contributed by atoms with Gasteiger partial charge < -0.3 is 5.32 Å². The monoisotopic (exact) mass is 347 g/mol. The van der Waals surface area contributed by atoms with Gasteiger partial charge in [0.15, 0.2) is 0 Å². The van der Waals surface area contributed by atoms with Crippen molar-refractivity contribution in [2.45, 2.75) is 6.92 Å². The Bertz CT molecular complexity index is 769. The van der Waals surface area contributed by atoms with Gasteiger partial charge in [-0.1, -0.05) is 47.0 Å². The van der Waals surface area contributed by atoms with E-state index in [4.69, 9.17) is 23.2 Å². The summed E-state index contributed by atoms with van der Waals surface area (Å²) < 4.78 is 0. The van der Waals surface area contributed by atoms with Gasteiger partial charge in [-0.3, -0.25) is 14.7 Å². The van der Waals surface area contributed by atoms with Gasteiger partial charge in [-0.2, -0.15) is 0 Å². The van der Waals surface area contributed by atoms with Crippen LogP contribution in [-0.4, -0.2) is 29.9 Å². The molecule has 1 aliphatic heterocycles. The number of para-hydroxylation sites is 1. The van der Waals surface area contributed by atoms with Gasteiger partial charge in [0, 0.05) is 12.1 Å². The van der Waals surface area contributed by atoms with Gasteiger partial charge >= 0.3 is 0 Å². The molecule has 6 heteroatoms. The van der Waals surface area contributed by atoms with Crippen LogP contribution in [-0.2, 0) is 0 Å². The Morgan fingerprint density at radius 2 is 1.87 bits per heavy atom. The largest absolute Gasteiger partial charge is 0.323 e. The minimum Gasteiger partial charge on any atom is -0.323 e. The molecular weight excluding hydrogens is 333 g/mol. The maximum Gasteiger partial charge on any atom is 0.260 e. The molecule has 2 aromatic rings. The second-order valence-corrected chi connectivity index (χ2v) is 6.07. The molecule has 1 aliphatic rings. The lowest BCUT2D eigenvalue weighted by atomic mass is 10.1. The molecule has 0 radical (unpaired) electrons. The first-order chi connectivity index (χ1) is 11.1. The van der Waals surface area contributed by atoms with E-state index < -0.39 is 0 Å². The minimum atomic E-state index is -0.0966. The van der Waals surface area contributed by atoms with Crippen molar-refractivity contribution in [3.8, 4) is 0 Å². The third-order valence-corrected chi connectivity index (χ3v) is 4.18. The van der Waals surface area contributed by atoms with Gasteiger partial charge in [-0.05, 0) is 31.2 Å². The number of amides is 1. The third-order valence-electron chi connectivity index (χ3n) is 3.55. The molecule has 0 bridgehead atoms. The van der Waals surface area contributed by atoms with Crippen LogP contribution in [0.15, 0.2) is 47.5 Å². The van der Waals surface area contributed by atoms with Gasteiger partial charge in [0.25, 0.3) is 5.91 Å². The summed E-state index contributed by atoms with van der Waals surface area (Å²) in [6, 6.07) is 12.7. The van der Waals surface area contributed by atoms with Gasteiger partial charge in [0.1, 0.15) is 0 Å². The van der Waals surface area contributed by atoms with E-state index in [-0.39, 0.29) is 5.91 Å². The predicted molar refractivity (Wildman–Crippen MR) is 94.6 cm³/mol. The van der Waals surface area contributed by atoms with Crippen LogP contribution in [0.3, 0.4) is 0 Å². The summed E-state index contributed by atoms with van der Waals surface area (Å²) in [6.45, 7) is 3.02. The van der Waals surface area contributed by atoms with E-state index in [9.17, 15) is 4.79 Å². The van der Waals surface area contributed by atoms with E-state index in [1.54, 1.807) is 29.2 Å². The summed E-state index contributed by atoms with van der Waals surface area (Å²) in [6.07, 6.45) is 0. The van der Waals surface area contributed by atoms with Crippen LogP contribution in [0.2, 0.25) is 10.0 Å². The lowest BCUT2D eigenvalue weighted by Gasteiger charge is -2.20. The normalized spacial score (nSPS) is 13.9. The average Bonchev–Trinajstić information content (AvgIpc) is 2.98. The smallest absolute Gasteiger partial charge is 0.260 e. The van der Waals surface area contributed by atoms with Crippen molar-refractivity contribution in [3.05, 3.63) is 63.6 Å². The first kappa shape index (κ1) is 15.8. The maximum absolute atomic E-state index is 12.7. The Balaban J connectivity index is 1.85. The highest BCUT2D eigenvalue weighted by molar-refractivity contribution is 6.40. The van der Waals surface area contributed by atoms with Crippen LogP contribution in [0.4, 0.5) is 5.69 Å². The molecule has 0 aromatic heterocycles. The zero-order valence-corrected chi connectivity index (χ0v) is 14.0. The molecule has 0 saturated carbocycles. The van der Waals surface area contributed by atoms with E-state index >= 15 is 0 Å². The second-order valence-electron chi connectivity index (χ2n) is 5.25. The van der Waals surface area contributed by atoms with Gasteiger partial charge in [0.2, 0.25) is 5.96 Å². The molecule has 0 unspecified atom stereocenters. The van der Waals surface area contributed by atoms with Crippen molar-refractivity contribution in [3.63, 3.8) is 0 Å². The van der Waals surface area contributed by atoms with Crippen LogP contribution in [0.5, 0.6) is 0 Å². The van der Waals surface area contributed by atoms with Crippen LogP contribution < -0.4 is 5.32 Å². The zero-order chi connectivity index (χ0) is 16.4. The van der Waals surface area contributed by atoms with Crippen LogP contribution in [0.1, 0.15) is 15.9 Å². The number of halogens is 2. The van der Waals surface area contributed by atoms with Crippen LogP contribution in [0, 0.1) is 6.92 Å². The molecule has 0 saturated heterocycles. The Labute approximate surface area is 144 Å². The van der Waals surface area contributed by atoms with Crippen molar-refractivity contribution in [2.75, 3.05) is 18.4 Å². The Morgan fingerprint density at radius 1 is 1.17 bits per heavy atom. The molecule has 1 amide bonds. The standard InChI is InChI=1S/C17H15Cl2N3O/c1-11-4-2-5-12(10-11)16(23)22-9-8-20-17(22)21-15-13(18)6-3-7-14(15)19/h2-7,10H,8-9H2,1H3,(H,20,21). The molecule has 1 heterocycles. The van der Waals surface area contributed by atoms with E-state index in [1.807, 2.05) is 25.1 Å². The van der Waals surface area contributed by atoms with Gasteiger partial charge in [-0.25, -0.2) is 0 Å².